The summed E-state index contributed by atoms with van der Waals surface area (Å²) in [5, 5.41) is 13.8. The second-order valence-corrected chi connectivity index (χ2v) is 10.3. The van der Waals surface area contributed by atoms with Crippen LogP contribution in [0.2, 0.25) is 0 Å². The third-order valence-corrected chi connectivity index (χ3v) is 8.28. The van der Waals surface area contributed by atoms with Gasteiger partial charge in [0.1, 0.15) is 0 Å². The molecule has 0 saturated heterocycles. The number of phenols is 1. The topological polar surface area (TPSA) is 86.3 Å². The fourth-order valence-electron chi connectivity index (χ4n) is 3.40. The maximum Gasteiger partial charge on any atom is 0.357 e. The molecule has 1 unspecified atom stereocenters. The van der Waals surface area contributed by atoms with E-state index in [1.165, 1.54) is 14.2 Å². The third kappa shape index (κ3) is 6.07. The smallest absolute Gasteiger partial charge is 0.357 e. The van der Waals surface area contributed by atoms with Crippen LogP contribution in [0.15, 0.2) is 76.5 Å². The Morgan fingerprint density at radius 2 is 1.47 bits per heavy atom. The minimum absolute atomic E-state index is 0.143. The van der Waals surface area contributed by atoms with E-state index in [1.807, 2.05) is 54.6 Å². The van der Waals surface area contributed by atoms with Crippen LogP contribution in [0.1, 0.15) is 25.2 Å². The highest BCUT2D eigenvalue weighted by Crippen LogP contribution is 2.62. The minimum Gasteiger partial charge on any atom is -0.502 e. The fourth-order valence-corrected chi connectivity index (χ4v) is 6.24. The van der Waals surface area contributed by atoms with E-state index in [2.05, 4.69) is 5.32 Å². The summed E-state index contributed by atoms with van der Waals surface area (Å²) in [5.41, 5.74) is 1.28. The summed E-state index contributed by atoms with van der Waals surface area (Å²) in [6.07, 6.45) is 0. The van der Waals surface area contributed by atoms with Crippen molar-refractivity contribution in [2.45, 2.75) is 29.4 Å². The molecular formula is C25H30NO6PS. The fraction of sp³-hybridized carbons (Fsp3) is 0.280. The van der Waals surface area contributed by atoms with Crippen molar-refractivity contribution in [3.8, 4) is 17.2 Å². The molecule has 1 atom stereocenters. The number of methoxy groups -OCH3 is 2. The van der Waals surface area contributed by atoms with Crippen molar-refractivity contribution in [3.05, 3.63) is 72.3 Å². The van der Waals surface area contributed by atoms with E-state index in [0.29, 0.717) is 5.56 Å². The van der Waals surface area contributed by atoms with Crippen molar-refractivity contribution in [2.75, 3.05) is 32.8 Å². The molecule has 3 rings (SSSR count). The van der Waals surface area contributed by atoms with Gasteiger partial charge >= 0.3 is 7.60 Å². The second-order valence-electron chi connectivity index (χ2n) is 7.11. The van der Waals surface area contributed by atoms with Gasteiger partial charge in [-0.3, -0.25) is 4.57 Å². The molecule has 0 fully saturated rings. The van der Waals surface area contributed by atoms with E-state index in [4.69, 9.17) is 18.5 Å². The summed E-state index contributed by atoms with van der Waals surface area (Å²) >= 11 is 1.58. The predicted octanol–water partition coefficient (Wildman–Crippen LogP) is 6.94. The molecule has 0 radical (unpaired) electrons. The number of benzene rings is 3. The lowest BCUT2D eigenvalue weighted by Gasteiger charge is -2.29. The van der Waals surface area contributed by atoms with Crippen LogP contribution in [0.3, 0.4) is 0 Å². The minimum atomic E-state index is -3.71. The Bertz CT molecular complexity index is 1090. The average molecular weight is 504 g/mol. The van der Waals surface area contributed by atoms with Crippen LogP contribution in [0.4, 0.5) is 5.69 Å². The van der Waals surface area contributed by atoms with Gasteiger partial charge in [0.25, 0.3) is 0 Å². The molecule has 7 nitrogen and oxygen atoms in total. The number of para-hydroxylation sites is 1. The molecule has 9 heteroatoms. The summed E-state index contributed by atoms with van der Waals surface area (Å²) < 4.78 is 36.1. The average Bonchev–Trinajstić information content (AvgIpc) is 2.84. The highest BCUT2D eigenvalue weighted by molar-refractivity contribution is 7.99. The van der Waals surface area contributed by atoms with Crippen LogP contribution in [-0.4, -0.2) is 32.5 Å². The Labute approximate surface area is 204 Å². The molecular weight excluding hydrogens is 473 g/mol. The zero-order chi connectivity index (χ0) is 24.6. The number of hydrogen-bond donors (Lipinski definition) is 2. The number of aromatic hydroxyl groups is 1. The van der Waals surface area contributed by atoms with Gasteiger partial charge in [0.2, 0.25) is 5.75 Å². The number of anilines is 1. The van der Waals surface area contributed by atoms with E-state index >= 15 is 0 Å². The van der Waals surface area contributed by atoms with Crippen molar-refractivity contribution < 1.29 is 28.2 Å². The lowest BCUT2D eigenvalue weighted by Crippen LogP contribution is -2.16. The SMILES string of the molecule is CCOP(=O)(OCC)C(Nc1ccccc1Sc1ccccc1)c1cc(OC)c(O)c(OC)c1. The van der Waals surface area contributed by atoms with Crippen LogP contribution in [-0.2, 0) is 13.6 Å². The number of ether oxygens (including phenoxy) is 2. The zero-order valence-corrected chi connectivity index (χ0v) is 21.4. The highest BCUT2D eigenvalue weighted by atomic mass is 32.2. The predicted molar refractivity (Wildman–Crippen MR) is 135 cm³/mol. The highest BCUT2D eigenvalue weighted by Gasteiger charge is 2.38. The Morgan fingerprint density at radius 1 is 0.912 bits per heavy atom. The molecule has 0 aromatic heterocycles. The molecule has 0 saturated carbocycles. The molecule has 0 aliphatic heterocycles. The van der Waals surface area contributed by atoms with E-state index in [9.17, 15) is 9.67 Å². The Kier molecular flexibility index (Phi) is 9.30. The second kappa shape index (κ2) is 12.2. The van der Waals surface area contributed by atoms with Gasteiger partial charge in [-0.25, -0.2) is 0 Å². The molecule has 0 bridgehead atoms. The molecule has 0 aliphatic rings. The van der Waals surface area contributed by atoms with Gasteiger partial charge in [-0.1, -0.05) is 42.1 Å². The molecule has 3 aromatic carbocycles. The molecule has 0 heterocycles. The largest absolute Gasteiger partial charge is 0.502 e. The maximum absolute atomic E-state index is 14.0. The normalized spacial score (nSPS) is 12.2. The summed E-state index contributed by atoms with van der Waals surface area (Å²) in [5.74, 6) is -0.663. The van der Waals surface area contributed by atoms with Crippen molar-refractivity contribution >= 4 is 25.0 Å². The monoisotopic (exact) mass is 503 g/mol. The Morgan fingerprint density at radius 3 is 2.03 bits per heavy atom. The first-order chi connectivity index (χ1) is 16.5. The maximum atomic E-state index is 14.0. The van der Waals surface area contributed by atoms with Gasteiger partial charge < -0.3 is 28.9 Å². The molecule has 3 aromatic rings. The van der Waals surface area contributed by atoms with Crippen molar-refractivity contribution in [2.24, 2.45) is 0 Å². The Hall–Kier alpha value is -2.64. The van der Waals surface area contributed by atoms with Crippen LogP contribution in [0, 0.1) is 0 Å². The molecule has 2 N–H and O–H groups in total. The van der Waals surface area contributed by atoms with Crippen molar-refractivity contribution in [1.29, 1.82) is 0 Å². The van der Waals surface area contributed by atoms with Crippen LogP contribution in [0.25, 0.3) is 0 Å². The molecule has 0 spiro atoms. The van der Waals surface area contributed by atoms with E-state index in [0.717, 1.165) is 15.5 Å². The van der Waals surface area contributed by atoms with E-state index in [1.54, 1.807) is 37.7 Å². The molecule has 0 aliphatic carbocycles. The number of nitrogens with one attached hydrogen (secondary N) is 1. The standard InChI is InChI=1S/C25H30NO6PS/c1-5-31-33(28,32-6-2)25(18-16-21(29-3)24(27)22(17-18)30-4)26-20-14-10-11-15-23(20)34-19-12-8-7-9-13-19/h7-17,25-27H,5-6H2,1-4H3. The first kappa shape index (κ1) is 26.0. The van der Waals surface area contributed by atoms with E-state index < -0.39 is 13.4 Å². The van der Waals surface area contributed by atoms with Crippen molar-refractivity contribution in [1.82, 2.24) is 0 Å². The van der Waals surface area contributed by atoms with Crippen LogP contribution >= 0.6 is 19.4 Å². The Balaban J connectivity index is 2.11. The van der Waals surface area contributed by atoms with Gasteiger partial charge in [0.05, 0.1) is 27.4 Å². The van der Waals surface area contributed by atoms with Crippen LogP contribution < -0.4 is 14.8 Å². The lowest BCUT2D eigenvalue weighted by molar-refractivity contribution is 0.214. The summed E-state index contributed by atoms with van der Waals surface area (Å²) in [6, 6.07) is 20.9. The molecule has 34 heavy (non-hydrogen) atoms. The van der Waals surface area contributed by atoms with Gasteiger partial charge in [0.15, 0.2) is 17.3 Å². The quantitative estimate of drug-likeness (QED) is 0.257. The van der Waals surface area contributed by atoms with Gasteiger partial charge in [-0.15, -0.1) is 0 Å². The van der Waals surface area contributed by atoms with Gasteiger partial charge in [-0.2, -0.15) is 0 Å². The van der Waals surface area contributed by atoms with E-state index in [-0.39, 0.29) is 30.5 Å². The third-order valence-electron chi connectivity index (χ3n) is 4.90. The summed E-state index contributed by atoms with van der Waals surface area (Å²) in [6.45, 7) is 3.92. The lowest BCUT2D eigenvalue weighted by atomic mass is 10.1. The zero-order valence-electron chi connectivity index (χ0n) is 19.7. The van der Waals surface area contributed by atoms with Crippen molar-refractivity contribution in [3.63, 3.8) is 0 Å². The number of rotatable bonds is 12. The number of hydrogen-bond acceptors (Lipinski definition) is 8. The molecule has 0 amide bonds. The first-order valence-electron chi connectivity index (χ1n) is 10.9. The van der Waals surface area contributed by atoms with Gasteiger partial charge in [-0.05, 0) is 55.8 Å². The summed E-state index contributed by atoms with van der Waals surface area (Å²) in [4.78, 5) is 2.01. The van der Waals surface area contributed by atoms with Gasteiger partial charge in [0, 0.05) is 15.5 Å². The summed E-state index contributed by atoms with van der Waals surface area (Å²) in [7, 11) is -0.825. The molecule has 182 valence electrons. The van der Waals surface area contributed by atoms with Crippen LogP contribution in [0.5, 0.6) is 17.2 Å². The number of phenolic OH excluding ortho intramolecular Hbond substituents is 1. The first-order valence-corrected chi connectivity index (χ1v) is 13.3.